The zero-order valence-corrected chi connectivity index (χ0v) is 25.2. The minimum Gasteiger partial charge on any atom is -0.478 e. The van der Waals surface area contributed by atoms with Crippen molar-refractivity contribution < 1.29 is 38.8 Å². The van der Waals surface area contributed by atoms with Crippen LogP contribution in [0.25, 0.3) is 5.65 Å². The van der Waals surface area contributed by atoms with Crippen molar-refractivity contribution in [1.82, 2.24) is 29.8 Å². The van der Waals surface area contributed by atoms with Gasteiger partial charge in [-0.15, -0.1) is 23.1 Å². The number of carboxylic acids is 2. The summed E-state index contributed by atoms with van der Waals surface area (Å²) in [7, 11) is 1.80. The lowest BCUT2D eigenvalue weighted by molar-refractivity contribution is -0.646. The third kappa shape index (κ3) is 5.67. The summed E-state index contributed by atoms with van der Waals surface area (Å²) >= 11 is 3.52. The van der Waals surface area contributed by atoms with Crippen LogP contribution >= 0.6 is 34.9 Å². The zero-order valence-electron chi connectivity index (χ0n) is 22.7. The van der Waals surface area contributed by atoms with Crippen LogP contribution in [0.1, 0.15) is 19.5 Å². The molecule has 2 aliphatic heterocycles. The van der Waals surface area contributed by atoms with E-state index in [2.05, 4.69) is 25.5 Å². The summed E-state index contributed by atoms with van der Waals surface area (Å²) in [5, 5.41) is 31.2. The van der Waals surface area contributed by atoms with Crippen molar-refractivity contribution in [3.8, 4) is 0 Å². The fraction of sp³-hybridized carbons (Fsp3) is 0.348. The highest BCUT2D eigenvalue weighted by Gasteiger charge is 2.54. The monoisotopic (exact) mass is 649 g/mol. The number of anilines is 2. The van der Waals surface area contributed by atoms with Crippen LogP contribution in [0.2, 0.25) is 0 Å². The van der Waals surface area contributed by atoms with E-state index >= 15 is 0 Å². The second-order valence-electron chi connectivity index (χ2n) is 9.80. The molecule has 0 aliphatic carbocycles. The van der Waals surface area contributed by atoms with Crippen molar-refractivity contribution in [2.75, 3.05) is 23.0 Å². The number of fused-ring (bicyclic) bond motifs is 2. The molecule has 5 rings (SSSR count). The molecule has 0 aromatic carbocycles. The van der Waals surface area contributed by atoms with Gasteiger partial charge in [0, 0.05) is 22.0 Å². The summed E-state index contributed by atoms with van der Waals surface area (Å²) < 4.78 is 3.34. The number of carbonyl (C=O) groups is 4. The average Bonchev–Trinajstić information content (AvgIpc) is 3.54. The fourth-order valence-electron chi connectivity index (χ4n) is 4.08. The molecule has 1 fully saturated rings. The summed E-state index contributed by atoms with van der Waals surface area (Å²) in [6.07, 6.45) is 1.59. The van der Waals surface area contributed by atoms with Gasteiger partial charge >= 0.3 is 11.9 Å². The molecule has 5 heterocycles. The van der Waals surface area contributed by atoms with Gasteiger partial charge < -0.3 is 31.8 Å². The van der Waals surface area contributed by atoms with E-state index < -0.39 is 46.5 Å². The molecule has 3 aromatic rings. The Labute approximate surface area is 255 Å². The Kier molecular flexibility index (Phi) is 7.92. The van der Waals surface area contributed by atoms with Gasteiger partial charge in [0.2, 0.25) is 5.60 Å². The molecule has 17 nitrogen and oxygen atoms in total. The molecule has 0 radical (unpaired) electrons. The quantitative estimate of drug-likeness (QED) is 0.0455. The number of aryl methyl sites for hydroxylation is 1. The van der Waals surface area contributed by atoms with Gasteiger partial charge in [-0.1, -0.05) is 16.9 Å². The van der Waals surface area contributed by atoms with Gasteiger partial charge in [0.15, 0.2) is 10.8 Å². The summed E-state index contributed by atoms with van der Waals surface area (Å²) in [4.78, 5) is 64.8. The first-order chi connectivity index (χ1) is 20.3. The lowest BCUT2D eigenvalue weighted by atomic mass is 10.0. The third-order valence-electron chi connectivity index (χ3n) is 6.37. The van der Waals surface area contributed by atoms with Crippen molar-refractivity contribution in [1.29, 1.82) is 0 Å². The van der Waals surface area contributed by atoms with E-state index in [4.69, 9.17) is 16.3 Å². The van der Waals surface area contributed by atoms with Gasteiger partial charge in [-0.25, -0.2) is 19.1 Å². The number of carboxylic acid groups (broad SMARTS) is 2. The van der Waals surface area contributed by atoms with Crippen LogP contribution < -0.4 is 21.4 Å². The van der Waals surface area contributed by atoms with Gasteiger partial charge in [-0.05, 0) is 23.9 Å². The molecule has 2 aliphatic rings. The molecule has 0 spiro atoms. The number of thiazole rings is 1. The Morgan fingerprint density at radius 3 is 2.70 bits per heavy atom. The van der Waals surface area contributed by atoms with E-state index in [0.717, 1.165) is 16.2 Å². The number of nitrogens with two attached hydrogens (primary N) is 2. The number of β-lactam (4-membered cyclic amide) rings is 1. The van der Waals surface area contributed by atoms with Crippen LogP contribution in [-0.4, -0.2) is 92.7 Å². The predicted octanol–water partition coefficient (Wildman–Crippen LogP) is -0.710. The minimum atomic E-state index is -1.77. The Bertz CT molecular complexity index is 1730. The van der Waals surface area contributed by atoms with Gasteiger partial charge in [-0.2, -0.15) is 4.98 Å². The predicted molar refractivity (Wildman–Crippen MR) is 155 cm³/mol. The van der Waals surface area contributed by atoms with Crippen molar-refractivity contribution in [2.24, 2.45) is 12.2 Å². The number of aliphatic carboxylic acids is 2. The van der Waals surface area contributed by atoms with E-state index in [1.165, 1.54) is 42.8 Å². The molecular weight excluding hydrogens is 625 g/mol. The molecule has 1 unspecified atom stereocenters. The van der Waals surface area contributed by atoms with Crippen LogP contribution in [0.15, 0.2) is 39.4 Å². The largest absolute Gasteiger partial charge is 0.478 e. The smallest absolute Gasteiger partial charge is 0.352 e. The number of rotatable bonds is 10. The highest BCUT2D eigenvalue weighted by molar-refractivity contribution is 8.01. The van der Waals surface area contributed by atoms with E-state index in [9.17, 15) is 29.4 Å². The second kappa shape index (κ2) is 11.3. The van der Waals surface area contributed by atoms with Crippen molar-refractivity contribution in [3.63, 3.8) is 0 Å². The molecule has 20 heteroatoms. The van der Waals surface area contributed by atoms with E-state index in [0.29, 0.717) is 16.4 Å². The van der Waals surface area contributed by atoms with Gasteiger partial charge in [-0.3, -0.25) is 14.5 Å². The Morgan fingerprint density at radius 2 is 2.05 bits per heavy atom. The number of nitrogen functional groups attached to an aromatic ring is 2. The lowest BCUT2D eigenvalue weighted by Gasteiger charge is -2.49. The first-order valence-electron chi connectivity index (χ1n) is 12.3. The molecule has 226 valence electrons. The number of nitrogens with one attached hydrogen (secondary N) is 1. The van der Waals surface area contributed by atoms with Crippen LogP contribution in [0.4, 0.5) is 10.9 Å². The van der Waals surface area contributed by atoms with Gasteiger partial charge in [0.25, 0.3) is 28.9 Å². The SMILES string of the molecule is C[n+]1cnn2c(SCC3=C(C(=O)O)N4C(=O)C(NC(=O)/C(=N\OC(C)(C)C(=O)O)c5csc(N)n5)[C@H]4SC3)nc(N)cc21. The number of thioether (sulfide) groups is 2. The molecule has 2 amide bonds. The first kappa shape index (κ1) is 30.0. The summed E-state index contributed by atoms with van der Waals surface area (Å²) in [6, 6.07) is 0.570. The maximum atomic E-state index is 13.3. The minimum absolute atomic E-state index is 0.0154. The molecule has 2 atom stereocenters. The molecular formula is C23H25N10O7S3+. The summed E-state index contributed by atoms with van der Waals surface area (Å²) in [5.41, 5.74) is 10.5. The number of amides is 2. The molecule has 43 heavy (non-hydrogen) atoms. The normalized spacial score (nSPS) is 18.8. The van der Waals surface area contributed by atoms with Crippen LogP contribution in [-0.2, 0) is 31.1 Å². The van der Waals surface area contributed by atoms with Crippen molar-refractivity contribution in [3.05, 3.63) is 34.7 Å². The van der Waals surface area contributed by atoms with Gasteiger partial charge in [0.05, 0.1) is 13.1 Å². The highest BCUT2D eigenvalue weighted by atomic mass is 32.2. The third-order valence-corrected chi connectivity index (χ3v) is 9.40. The zero-order chi connectivity index (χ0) is 31.2. The fourth-order valence-corrected chi connectivity index (χ4v) is 7.08. The van der Waals surface area contributed by atoms with E-state index in [1.54, 1.807) is 28.5 Å². The van der Waals surface area contributed by atoms with Crippen LogP contribution in [0, 0.1) is 0 Å². The first-order valence-corrected chi connectivity index (χ1v) is 15.2. The van der Waals surface area contributed by atoms with Crippen molar-refractivity contribution in [2.45, 2.75) is 36.0 Å². The van der Waals surface area contributed by atoms with Crippen LogP contribution in [0.3, 0.4) is 0 Å². The number of nitrogens with zero attached hydrogens (tertiary/aromatic N) is 7. The summed E-state index contributed by atoms with van der Waals surface area (Å²) in [5.74, 6) is -3.42. The maximum Gasteiger partial charge on any atom is 0.352 e. The Hall–Kier alpha value is -4.43. The molecule has 1 saturated heterocycles. The number of carbonyl (C=O) groups excluding carboxylic acids is 2. The van der Waals surface area contributed by atoms with Crippen LogP contribution in [0.5, 0.6) is 0 Å². The number of oxime groups is 1. The Morgan fingerprint density at radius 1 is 1.30 bits per heavy atom. The highest BCUT2D eigenvalue weighted by Crippen LogP contribution is 2.41. The number of aromatic nitrogens is 5. The average molecular weight is 650 g/mol. The molecule has 0 saturated carbocycles. The molecule has 3 aromatic heterocycles. The standard InChI is InChI=1S/C23H24N10O7S3/c1-23(2,20(38)39)40-30-13(10-7-42-21(25)27-10)16(34)29-14-17(35)32-15(19(36)37)9(5-41-18(14)32)6-43-22-28-11(24)4-12-31(3)8-26-33(12)22/h4,7-8,14,18,24H,5-6H2,1-3H3,(H5,25,27,29,34,36,37,38,39)/p+1/b30-13-/t14?,18-/m1/s1. The van der Waals surface area contributed by atoms with E-state index in [1.807, 2.05) is 0 Å². The van der Waals surface area contributed by atoms with E-state index in [-0.39, 0.29) is 33.8 Å². The maximum absolute atomic E-state index is 13.3. The second-order valence-corrected chi connectivity index (χ2v) is 12.7. The topological polar surface area (TPSA) is 245 Å². The van der Waals surface area contributed by atoms with Crippen molar-refractivity contribution >= 4 is 80.9 Å². The number of hydrogen-bond acceptors (Lipinski definition) is 14. The van der Waals surface area contributed by atoms with Gasteiger partial charge in [0.1, 0.15) is 28.6 Å². The number of hydrogen-bond donors (Lipinski definition) is 5. The molecule has 7 N–H and O–H groups in total. The lowest BCUT2D eigenvalue weighted by Crippen LogP contribution is -2.71. The summed E-state index contributed by atoms with van der Waals surface area (Å²) in [6.45, 7) is 2.48. The molecule has 0 bridgehead atoms. The Balaban J connectivity index is 1.35.